The zero-order chi connectivity index (χ0) is 24.1. The molecular formula is C23H26BrN3O7. The molecule has 10 nitrogen and oxygen atoms in total. The van der Waals surface area contributed by atoms with Gasteiger partial charge in [-0.1, -0.05) is 0 Å². The molecule has 11 heteroatoms. The summed E-state index contributed by atoms with van der Waals surface area (Å²) in [6, 6.07) is 7.82. The van der Waals surface area contributed by atoms with Crippen molar-refractivity contribution in [2.24, 2.45) is 0 Å². The van der Waals surface area contributed by atoms with E-state index in [1.807, 2.05) is 6.92 Å². The molecule has 0 spiro atoms. The highest BCUT2D eigenvalue weighted by atomic mass is 79.9. The van der Waals surface area contributed by atoms with Gasteiger partial charge in [-0.05, 0) is 42.8 Å². The van der Waals surface area contributed by atoms with Crippen molar-refractivity contribution in [2.45, 2.75) is 13.5 Å². The van der Waals surface area contributed by atoms with Crippen LogP contribution in [0.5, 0.6) is 17.2 Å². The topological polar surface area (TPSA) is 138 Å². The fourth-order valence-electron chi connectivity index (χ4n) is 3.51. The van der Waals surface area contributed by atoms with Crippen LogP contribution in [0.2, 0.25) is 0 Å². The van der Waals surface area contributed by atoms with Crippen molar-refractivity contribution in [3.05, 3.63) is 52.6 Å². The first-order valence-corrected chi connectivity index (χ1v) is 10.2. The average Bonchev–Trinajstić information content (AvgIpc) is 3.10. The van der Waals surface area contributed by atoms with Gasteiger partial charge in [0.15, 0.2) is 23.9 Å². The molecule has 0 aromatic heterocycles. The lowest BCUT2D eigenvalue weighted by atomic mass is 10.0. The molecule has 3 rings (SSSR count). The van der Waals surface area contributed by atoms with Crippen LogP contribution in [0.1, 0.15) is 38.8 Å². The maximum absolute atomic E-state index is 12.9. The summed E-state index contributed by atoms with van der Waals surface area (Å²) in [6.45, 7) is 1.93. The number of Topliss-reactive ketones (excluding diaryl/α,β-unsaturated/α-hetero) is 1. The van der Waals surface area contributed by atoms with E-state index in [-0.39, 0.29) is 52.6 Å². The standard InChI is InChI=1S/C23H25N3O7.BrH/c1-4-32-19-8-14-10-26(22(24)15(14)9-16(19)23(30)25-2)11-17(27)13-5-6-18(20(7-13)31-3)33-12-21(28)29;/h5-9,24H,4,10-12H2,1-3H3,(H,25,30)(H,28,29);1H. The van der Waals surface area contributed by atoms with Crippen LogP contribution >= 0.6 is 17.0 Å². The molecule has 2 aromatic rings. The molecule has 3 N–H and O–H groups in total. The second kappa shape index (κ2) is 11.5. The Kier molecular flexibility index (Phi) is 9.02. The van der Waals surface area contributed by atoms with Gasteiger partial charge in [-0.25, -0.2) is 4.79 Å². The fraction of sp³-hybridized carbons (Fsp3) is 0.304. The van der Waals surface area contributed by atoms with E-state index in [1.165, 1.54) is 32.4 Å². The number of aliphatic carboxylic acids is 1. The van der Waals surface area contributed by atoms with E-state index in [4.69, 9.17) is 24.7 Å². The van der Waals surface area contributed by atoms with Crippen LogP contribution in [0, 0.1) is 5.41 Å². The number of rotatable bonds is 10. The number of amidine groups is 1. The van der Waals surface area contributed by atoms with Crippen LogP contribution in [0.3, 0.4) is 0 Å². The van der Waals surface area contributed by atoms with E-state index in [2.05, 4.69) is 5.32 Å². The van der Waals surface area contributed by atoms with Crippen LogP contribution in [0.15, 0.2) is 30.3 Å². The number of ether oxygens (including phenoxy) is 3. The Morgan fingerprint density at radius 1 is 1.12 bits per heavy atom. The Morgan fingerprint density at radius 2 is 1.85 bits per heavy atom. The third-order valence-electron chi connectivity index (χ3n) is 5.08. The van der Waals surface area contributed by atoms with E-state index in [1.54, 1.807) is 17.0 Å². The van der Waals surface area contributed by atoms with Crippen molar-refractivity contribution in [3.63, 3.8) is 0 Å². The zero-order valence-corrected chi connectivity index (χ0v) is 20.7. The number of nitrogens with one attached hydrogen (secondary N) is 2. The van der Waals surface area contributed by atoms with Crippen LogP contribution in [-0.4, -0.2) is 67.4 Å². The second-order valence-electron chi connectivity index (χ2n) is 7.19. The van der Waals surface area contributed by atoms with E-state index < -0.39 is 12.6 Å². The number of hydrogen-bond acceptors (Lipinski definition) is 7. The molecule has 1 heterocycles. The van der Waals surface area contributed by atoms with E-state index in [0.29, 0.717) is 35.6 Å². The molecule has 0 unspecified atom stereocenters. The van der Waals surface area contributed by atoms with Gasteiger partial charge in [-0.15, -0.1) is 17.0 Å². The van der Waals surface area contributed by atoms with E-state index >= 15 is 0 Å². The highest BCUT2D eigenvalue weighted by Gasteiger charge is 2.29. The van der Waals surface area contributed by atoms with Crippen molar-refractivity contribution in [1.82, 2.24) is 10.2 Å². The van der Waals surface area contributed by atoms with Crippen LogP contribution in [0.4, 0.5) is 0 Å². The number of halogens is 1. The van der Waals surface area contributed by atoms with E-state index in [0.717, 1.165) is 5.56 Å². The molecule has 1 aliphatic rings. The number of hydrogen-bond donors (Lipinski definition) is 3. The minimum Gasteiger partial charge on any atom is -0.493 e. The molecule has 182 valence electrons. The molecule has 2 aromatic carbocycles. The van der Waals surface area contributed by atoms with Crippen LogP contribution < -0.4 is 19.5 Å². The lowest BCUT2D eigenvalue weighted by Crippen LogP contribution is -2.30. The van der Waals surface area contributed by atoms with Crippen LogP contribution in [0.25, 0.3) is 0 Å². The molecular weight excluding hydrogens is 510 g/mol. The van der Waals surface area contributed by atoms with Gasteiger partial charge in [0, 0.05) is 24.7 Å². The summed E-state index contributed by atoms with van der Waals surface area (Å²) in [5, 5.41) is 19.9. The first-order chi connectivity index (χ1) is 15.8. The van der Waals surface area contributed by atoms with Gasteiger partial charge in [-0.3, -0.25) is 15.0 Å². The van der Waals surface area contributed by atoms with Gasteiger partial charge in [0.1, 0.15) is 11.6 Å². The van der Waals surface area contributed by atoms with Gasteiger partial charge >= 0.3 is 5.97 Å². The Labute approximate surface area is 207 Å². The summed E-state index contributed by atoms with van der Waals surface area (Å²) in [6.07, 6.45) is 0. The smallest absolute Gasteiger partial charge is 0.341 e. The molecule has 34 heavy (non-hydrogen) atoms. The highest BCUT2D eigenvalue weighted by Crippen LogP contribution is 2.32. The summed E-state index contributed by atoms with van der Waals surface area (Å²) in [5.41, 5.74) is 2.02. The van der Waals surface area contributed by atoms with Crippen molar-refractivity contribution >= 4 is 40.5 Å². The minimum absolute atomic E-state index is 0. The van der Waals surface area contributed by atoms with Crippen molar-refractivity contribution in [1.29, 1.82) is 5.41 Å². The van der Waals surface area contributed by atoms with Gasteiger partial charge in [0.2, 0.25) is 0 Å². The number of carbonyl (C=O) groups is 3. The van der Waals surface area contributed by atoms with Crippen molar-refractivity contribution in [2.75, 3.05) is 33.9 Å². The predicted octanol–water partition coefficient (Wildman–Crippen LogP) is 2.52. The fourth-order valence-corrected chi connectivity index (χ4v) is 3.51. The van der Waals surface area contributed by atoms with Crippen molar-refractivity contribution in [3.8, 4) is 17.2 Å². The summed E-state index contributed by atoms with van der Waals surface area (Å²) in [5.74, 6) is -0.691. The Hall–Kier alpha value is -3.60. The maximum atomic E-state index is 12.9. The van der Waals surface area contributed by atoms with Gasteiger partial charge in [-0.2, -0.15) is 0 Å². The number of carbonyl (C=O) groups excluding carboxylic acids is 2. The predicted molar refractivity (Wildman–Crippen MR) is 129 cm³/mol. The number of nitrogens with zero attached hydrogens (tertiary/aromatic N) is 1. The maximum Gasteiger partial charge on any atom is 0.341 e. The van der Waals surface area contributed by atoms with Gasteiger partial charge < -0.3 is 29.5 Å². The first kappa shape index (κ1) is 26.7. The number of benzene rings is 2. The first-order valence-electron chi connectivity index (χ1n) is 10.2. The Balaban J connectivity index is 0.00000408. The lowest BCUT2D eigenvalue weighted by Gasteiger charge is -2.17. The molecule has 0 bridgehead atoms. The Bertz CT molecular complexity index is 1120. The Morgan fingerprint density at radius 3 is 2.47 bits per heavy atom. The number of fused-ring (bicyclic) bond motifs is 1. The molecule has 1 amide bonds. The largest absolute Gasteiger partial charge is 0.493 e. The zero-order valence-electron chi connectivity index (χ0n) is 19.0. The summed E-state index contributed by atoms with van der Waals surface area (Å²) in [4.78, 5) is 37.5. The third kappa shape index (κ3) is 5.66. The molecule has 0 saturated heterocycles. The van der Waals surface area contributed by atoms with E-state index in [9.17, 15) is 14.4 Å². The summed E-state index contributed by atoms with van der Waals surface area (Å²) in [7, 11) is 2.91. The number of carboxylic acid groups (broad SMARTS) is 1. The molecule has 0 saturated carbocycles. The minimum atomic E-state index is -1.13. The van der Waals surface area contributed by atoms with Gasteiger partial charge in [0.25, 0.3) is 5.91 Å². The van der Waals surface area contributed by atoms with Crippen molar-refractivity contribution < 1.29 is 33.7 Å². The summed E-state index contributed by atoms with van der Waals surface area (Å²) >= 11 is 0. The number of methoxy groups -OCH3 is 1. The number of carboxylic acids is 1. The average molecular weight is 536 g/mol. The quantitative estimate of drug-likeness (QED) is 0.394. The summed E-state index contributed by atoms with van der Waals surface area (Å²) < 4.78 is 16.0. The molecule has 0 fully saturated rings. The highest BCUT2D eigenvalue weighted by molar-refractivity contribution is 8.93. The molecule has 0 aliphatic carbocycles. The number of amides is 1. The normalized spacial score (nSPS) is 11.9. The third-order valence-corrected chi connectivity index (χ3v) is 5.08. The molecule has 0 radical (unpaired) electrons. The molecule has 1 aliphatic heterocycles. The van der Waals surface area contributed by atoms with Crippen LogP contribution in [-0.2, 0) is 11.3 Å². The monoisotopic (exact) mass is 535 g/mol. The number of ketones is 1. The SMILES string of the molecule is Br.CCOc1cc2c(cc1C(=O)NC)C(=N)N(CC(=O)c1ccc(OCC(=O)O)c(OC)c1)C2. The van der Waals surface area contributed by atoms with Gasteiger partial charge in [0.05, 0.1) is 25.8 Å². The second-order valence-corrected chi connectivity index (χ2v) is 7.19. The lowest BCUT2D eigenvalue weighted by molar-refractivity contribution is -0.139. The molecule has 0 atom stereocenters.